The van der Waals surface area contributed by atoms with E-state index in [0.29, 0.717) is 5.56 Å². The summed E-state index contributed by atoms with van der Waals surface area (Å²) in [7, 11) is -3.68. The summed E-state index contributed by atoms with van der Waals surface area (Å²) in [5.74, 6) is -0.0879. The van der Waals surface area contributed by atoms with E-state index in [2.05, 4.69) is 4.72 Å². The molecule has 0 aliphatic carbocycles. The molecule has 0 saturated carbocycles. The number of carbonyl (C=O) groups excluding carboxylic acids is 1. The van der Waals surface area contributed by atoms with E-state index < -0.39 is 10.0 Å². The highest BCUT2D eigenvalue weighted by Crippen LogP contribution is 2.20. The normalized spacial score (nSPS) is 14.7. The van der Waals surface area contributed by atoms with Gasteiger partial charge in [-0.15, -0.1) is 0 Å². The van der Waals surface area contributed by atoms with Crippen LogP contribution in [-0.2, 0) is 16.6 Å². The number of likely N-dealkylation sites (tertiary alicyclic amines) is 1. The van der Waals surface area contributed by atoms with Gasteiger partial charge in [0.1, 0.15) is 0 Å². The summed E-state index contributed by atoms with van der Waals surface area (Å²) in [6.45, 7) is 3.52. The Hall–Kier alpha value is -2.18. The van der Waals surface area contributed by atoms with Crippen molar-refractivity contribution in [3.8, 4) is 0 Å². The minimum atomic E-state index is -3.68. The van der Waals surface area contributed by atoms with Gasteiger partial charge in [0.25, 0.3) is 5.91 Å². The van der Waals surface area contributed by atoms with E-state index in [4.69, 9.17) is 0 Å². The summed E-state index contributed by atoms with van der Waals surface area (Å²) in [4.78, 5) is 14.5. The first-order chi connectivity index (χ1) is 12.0. The molecule has 2 aromatic rings. The largest absolute Gasteiger partial charge is 0.339 e. The molecule has 1 fully saturated rings. The predicted molar refractivity (Wildman–Crippen MR) is 96.8 cm³/mol. The second kappa shape index (κ2) is 7.37. The third-order valence-electron chi connectivity index (χ3n) is 4.45. The minimum absolute atomic E-state index is 0.0879. The lowest BCUT2D eigenvalue weighted by Crippen LogP contribution is -2.29. The lowest BCUT2D eigenvalue weighted by atomic mass is 10.1. The SMILES string of the molecule is Cc1ccc(S(=O)(=O)NCc2ccccc2)cc1C(=O)N1CCCC1. The molecule has 1 aliphatic rings. The third-order valence-corrected chi connectivity index (χ3v) is 5.85. The zero-order valence-electron chi connectivity index (χ0n) is 14.2. The number of hydrogen-bond acceptors (Lipinski definition) is 3. The van der Waals surface area contributed by atoms with Gasteiger partial charge in [0.2, 0.25) is 10.0 Å². The standard InChI is InChI=1S/C19H22N2O3S/c1-15-9-10-17(13-18(15)19(22)21-11-5-6-12-21)25(23,24)20-14-16-7-3-2-4-8-16/h2-4,7-10,13,20H,5-6,11-12,14H2,1H3. The van der Waals surface area contributed by atoms with Gasteiger partial charge in [-0.05, 0) is 43.0 Å². The van der Waals surface area contributed by atoms with Gasteiger partial charge in [0.15, 0.2) is 0 Å². The van der Waals surface area contributed by atoms with Crippen molar-refractivity contribution in [2.24, 2.45) is 0 Å². The van der Waals surface area contributed by atoms with E-state index >= 15 is 0 Å². The molecular formula is C19H22N2O3S. The Morgan fingerprint density at radius 1 is 1.08 bits per heavy atom. The van der Waals surface area contributed by atoms with Crippen LogP contribution in [0.2, 0.25) is 0 Å². The Morgan fingerprint density at radius 3 is 2.44 bits per heavy atom. The molecule has 0 spiro atoms. The van der Waals surface area contributed by atoms with Gasteiger partial charge in [-0.25, -0.2) is 13.1 Å². The van der Waals surface area contributed by atoms with Crippen molar-refractivity contribution in [2.75, 3.05) is 13.1 Å². The van der Waals surface area contributed by atoms with Crippen molar-refractivity contribution in [1.82, 2.24) is 9.62 Å². The lowest BCUT2D eigenvalue weighted by Gasteiger charge is -2.17. The summed E-state index contributed by atoms with van der Waals surface area (Å²) in [5.41, 5.74) is 2.13. The average molecular weight is 358 g/mol. The number of nitrogens with one attached hydrogen (secondary N) is 1. The molecule has 1 aliphatic heterocycles. The Bertz CT molecular complexity index is 857. The van der Waals surface area contributed by atoms with E-state index in [1.54, 1.807) is 17.0 Å². The van der Waals surface area contributed by atoms with Gasteiger partial charge < -0.3 is 4.90 Å². The highest BCUT2D eigenvalue weighted by Gasteiger charge is 2.23. The van der Waals surface area contributed by atoms with Crippen LogP contribution in [0.25, 0.3) is 0 Å². The van der Waals surface area contributed by atoms with Crippen LogP contribution in [0.5, 0.6) is 0 Å². The number of carbonyl (C=O) groups is 1. The first-order valence-electron chi connectivity index (χ1n) is 8.41. The van der Waals surface area contributed by atoms with E-state index in [9.17, 15) is 13.2 Å². The fraction of sp³-hybridized carbons (Fsp3) is 0.316. The van der Waals surface area contributed by atoms with E-state index in [-0.39, 0.29) is 17.3 Å². The molecule has 1 amide bonds. The van der Waals surface area contributed by atoms with Crippen LogP contribution < -0.4 is 4.72 Å². The zero-order chi connectivity index (χ0) is 17.9. The number of aryl methyl sites for hydroxylation is 1. The molecule has 2 aromatic carbocycles. The first-order valence-corrected chi connectivity index (χ1v) is 9.89. The van der Waals surface area contributed by atoms with Gasteiger partial charge in [-0.2, -0.15) is 0 Å². The summed E-state index contributed by atoms with van der Waals surface area (Å²) in [6.07, 6.45) is 2.00. The maximum atomic E-state index is 12.6. The molecule has 1 N–H and O–H groups in total. The molecule has 5 nitrogen and oxygen atoms in total. The van der Waals surface area contributed by atoms with Gasteiger partial charge in [0, 0.05) is 25.2 Å². The summed E-state index contributed by atoms with van der Waals surface area (Å²) in [6, 6.07) is 14.1. The number of rotatable bonds is 5. The van der Waals surface area contributed by atoms with Crippen molar-refractivity contribution < 1.29 is 13.2 Å². The lowest BCUT2D eigenvalue weighted by molar-refractivity contribution is 0.0792. The van der Waals surface area contributed by atoms with Crippen molar-refractivity contribution >= 4 is 15.9 Å². The maximum Gasteiger partial charge on any atom is 0.254 e. The molecule has 0 bridgehead atoms. The smallest absolute Gasteiger partial charge is 0.254 e. The fourth-order valence-electron chi connectivity index (χ4n) is 2.95. The average Bonchev–Trinajstić information content (AvgIpc) is 3.15. The molecule has 0 aromatic heterocycles. The topological polar surface area (TPSA) is 66.5 Å². The molecule has 0 radical (unpaired) electrons. The molecule has 0 atom stereocenters. The third kappa shape index (κ3) is 4.08. The van der Waals surface area contributed by atoms with Gasteiger partial charge in [0.05, 0.1) is 4.90 Å². The molecule has 25 heavy (non-hydrogen) atoms. The summed E-state index contributed by atoms with van der Waals surface area (Å²) < 4.78 is 27.7. The number of amides is 1. The highest BCUT2D eigenvalue weighted by atomic mass is 32.2. The Morgan fingerprint density at radius 2 is 1.76 bits per heavy atom. The predicted octanol–water partition coefficient (Wildman–Crippen LogP) is 2.71. The second-order valence-corrected chi connectivity index (χ2v) is 8.05. The van der Waals surface area contributed by atoms with Crippen LogP contribution in [0.15, 0.2) is 53.4 Å². The van der Waals surface area contributed by atoms with Crippen LogP contribution in [-0.4, -0.2) is 32.3 Å². The molecular weight excluding hydrogens is 336 g/mol. The van der Waals surface area contributed by atoms with Gasteiger partial charge in [-0.3, -0.25) is 4.79 Å². The van der Waals surface area contributed by atoms with Crippen LogP contribution in [0.1, 0.15) is 34.3 Å². The molecule has 0 unspecified atom stereocenters. The molecule has 1 saturated heterocycles. The van der Waals surface area contributed by atoms with Crippen LogP contribution in [0.3, 0.4) is 0 Å². The summed E-state index contributed by atoms with van der Waals surface area (Å²) >= 11 is 0. The zero-order valence-corrected chi connectivity index (χ0v) is 15.1. The van der Waals surface area contributed by atoms with Crippen molar-refractivity contribution in [3.63, 3.8) is 0 Å². The Balaban J connectivity index is 1.81. The molecule has 3 rings (SSSR count). The van der Waals surface area contributed by atoms with Gasteiger partial charge in [-0.1, -0.05) is 36.4 Å². The van der Waals surface area contributed by atoms with Crippen molar-refractivity contribution in [3.05, 3.63) is 65.2 Å². The molecule has 1 heterocycles. The van der Waals surface area contributed by atoms with E-state index in [1.165, 1.54) is 6.07 Å². The van der Waals surface area contributed by atoms with Crippen LogP contribution in [0, 0.1) is 6.92 Å². The minimum Gasteiger partial charge on any atom is -0.339 e. The van der Waals surface area contributed by atoms with Crippen molar-refractivity contribution in [2.45, 2.75) is 31.2 Å². The van der Waals surface area contributed by atoms with E-state index in [0.717, 1.165) is 37.1 Å². The highest BCUT2D eigenvalue weighted by molar-refractivity contribution is 7.89. The number of benzene rings is 2. The number of nitrogens with zero attached hydrogens (tertiary/aromatic N) is 1. The van der Waals surface area contributed by atoms with Crippen LogP contribution in [0.4, 0.5) is 0 Å². The Kier molecular flexibility index (Phi) is 5.20. The van der Waals surface area contributed by atoms with Gasteiger partial charge >= 0.3 is 0 Å². The fourth-order valence-corrected chi connectivity index (χ4v) is 3.99. The Labute approximate surface area is 148 Å². The second-order valence-electron chi connectivity index (χ2n) is 6.29. The summed E-state index contributed by atoms with van der Waals surface area (Å²) in [5, 5.41) is 0. The number of sulfonamides is 1. The number of hydrogen-bond donors (Lipinski definition) is 1. The monoisotopic (exact) mass is 358 g/mol. The van der Waals surface area contributed by atoms with Crippen LogP contribution >= 0.6 is 0 Å². The molecule has 132 valence electrons. The quantitative estimate of drug-likeness (QED) is 0.894. The van der Waals surface area contributed by atoms with Crippen molar-refractivity contribution in [1.29, 1.82) is 0 Å². The van der Waals surface area contributed by atoms with E-state index in [1.807, 2.05) is 37.3 Å². The first kappa shape index (κ1) is 17.6. The molecule has 6 heteroatoms. The maximum absolute atomic E-state index is 12.6.